The summed E-state index contributed by atoms with van der Waals surface area (Å²) in [6.45, 7) is 3.37. The number of rotatable bonds is 4. The molecule has 0 radical (unpaired) electrons. The van der Waals surface area contributed by atoms with Crippen molar-refractivity contribution in [1.82, 2.24) is 9.38 Å². The third kappa shape index (κ3) is 3.01. The highest BCUT2D eigenvalue weighted by molar-refractivity contribution is 7.15. The number of piperazine rings is 1. The lowest BCUT2D eigenvalue weighted by molar-refractivity contribution is -0.389. The lowest BCUT2D eigenvalue weighted by Crippen LogP contribution is -2.47. The number of fused-ring (bicyclic) bond motifs is 1. The molecule has 0 unspecified atom stereocenters. The van der Waals surface area contributed by atoms with E-state index in [0.717, 1.165) is 0 Å². The summed E-state index contributed by atoms with van der Waals surface area (Å²) in [6, 6.07) is 4.47. The minimum absolute atomic E-state index is 0.0447. The molecule has 0 aliphatic carbocycles. The summed E-state index contributed by atoms with van der Waals surface area (Å²) in [5.74, 6) is -0.322. The molecule has 1 saturated heterocycles. The Kier molecular flexibility index (Phi) is 4.27. The van der Waals surface area contributed by atoms with Crippen molar-refractivity contribution in [1.29, 1.82) is 0 Å². The number of hydrogen-bond acceptors (Lipinski definition) is 7. The van der Waals surface area contributed by atoms with Gasteiger partial charge in [-0.1, -0.05) is 11.3 Å². The van der Waals surface area contributed by atoms with Gasteiger partial charge in [0.15, 0.2) is 5.78 Å². The highest BCUT2D eigenvalue weighted by Crippen LogP contribution is 2.32. The first-order valence-electron chi connectivity index (χ1n) is 8.36. The smallest absolute Gasteiger partial charge is 0.366 e. The van der Waals surface area contributed by atoms with Crippen molar-refractivity contribution >= 4 is 39.4 Å². The molecule has 8 nitrogen and oxygen atoms in total. The standard InChI is InChI=1S/C17H16FN5O3S/c1-11(24)12-2-3-14(13(18)10-12)20-4-6-21(7-5-20)15-16(23(25)26)22-8-9-27-17(22)19-15/h2-3,8-10H,4-7H2,1H3. The van der Waals surface area contributed by atoms with E-state index >= 15 is 0 Å². The normalized spacial score (nSPS) is 14.7. The summed E-state index contributed by atoms with van der Waals surface area (Å²) in [4.78, 5) is 31.1. The van der Waals surface area contributed by atoms with Crippen LogP contribution in [0.1, 0.15) is 17.3 Å². The van der Waals surface area contributed by atoms with Crippen LogP contribution in [0.4, 0.5) is 21.7 Å². The number of thiazole rings is 1. The summed E-state index contributed by atoms with van der Waals surface area (Å²) in [5.41, 5.74) is 0.767. The summed E-state index contributed by atoms with van der Waals surface area (Å²) >= 11 is 1.34. The molecule has 0 bridgehead atoms. The second-order valence-corrected chi connectivity index (χ2v) is 7.14. The number of ketones is 1. The molecule has 3 aromatic rings. The minimum atomic E-state index is -0.440. The zero-order valence-corrected chi connectivity index (χ0v) is 15.3. The van der Waals surface area contributed by atoms with Gasteiger partial charge >= 0.3 is 5.82 Å². The molecule has 0 spiro atoms. The molecule has 140 valence electrons. The average molecular weight is 389 g/mol. The van der Waals surface area contributed by atoms with Crippen LogP contribution < -0.4 is 9.80 Å². The number of imidazole rings is 1. The Labute approximate surface area is 157 Å². The summed E-state index contributed by atoms with van der Waals surface area (Å²) in [5, 5.41) is 13.2. The van der Waals surface area contributed by atoms with E-state index in [1.807, 2.05) is 9.80 Å². The molecule has 1 aliphatic rings. The molecule has 4 rings (SSSR count). The molecule has 27 heavy (non-hydrogen) atoms. The summed E-state index contributed by atoms with van der Waals surface area (Å²) in [7, 11) is 0. The van der Waals surface area contributed by atoms with E-state index in [2.05, 4.69) is 4.98 Å². The first-order valence-corrected chi connectivity index (χ1v) is 9.24. The van der Waals surface area contributed by atoms with Crippen molar-refractivity contribution in [3.05, 3.63) is 51.3 Å². The van der Waals surface area contributed by atoms with Crippen molar-refractivity contribution in [2.75, 3.05) is 36.0 Å². The Morgan fingerprint density at radius 1 is 1.26 bits per heavy atom. The molecular weight excluding hydrogens is 373 g/mol. The van der Waals surface area contributed by atoms with E-state index in [9.17, 15) is 19.3 Å². The molecular formula is C17H16FN5O3S. The number of Topliss-reactive ketones (excluding diaryl/α,β-unsaturated/α-hetero) is 1. The fraction of sp³-hybridized carbons (Fsp3) is 0.294. The lowest BCUT2D eigenvalue weighted by Gasteiger charge is -2.36. The zero-order chi connectivity index (χ0) is 19.1. The Bertz CT molecular complexity index is 1040. The number of nitro groups is 1. The maximum atomic E-state index is 14.4. The van der Waals surface area contributed by atoms with Gasteiger partial charge in [0.2, 0.25) is 5.82 Å². The van der Waals surface area contributed by atoms with Gasteiger partial charge in [0.25, 0.3) is 4.96 Å². The SMILES string of the molecule is CC(=O)c1ccc(N2CCN(c3nc4sccn4c3[N+](=O)[O-])CC2)c(F)c1. The largest absolute Gasteiger partial charge is 0.373 e. The number of anilines is 2. The van der Waals surface area contributed by atoms with E-state index in [1.54, 1.807) is 23.7 Å². The Hall–Kier alpha value is -3.01. The number of carbonyl (C=O) groups is 1. The minimum Gasteiger partial charge on any atom is -0.366 e. The third-order valence-electron chi connectivity index (χ3n) is 4.67. The molecule has 1 aliphatic heterocycles. The van der Waals surface area contributed by atoms with Gasteiger partial charge in [-0.2, -0.15) is 9.38 Å². The van der Waals surface area contributed by atoms with Gasteiger partial charge in [0.05, 0.1) is 5.69 Å². The van der Waals surface area contributed by atoms with E-state index in [4.69, 9.17) is 0 Å². The fourth-order valence-corrected chi connectivity index (χ4v) is 3.99. The van der Waals surface area contributed by atoms with Crippen LogP contribution in [-0.2, 0) is 0 Å². The first kappa shape index (κ1) is 17.4. The number of hydrogen-bond donors (Lipinski definition) is 0. The monoisotopic (exact) mass is 389 g/mol. The van der Waals surface area contributed by atoms with Crippen molar-refractivity contribution in [2.45, 2.75) is 6.92 Å². The average Bonchev–Trinajstić information content (AvgIpc) is 3.22. The molecule has 2 aromatic heterocycles. The van der Waals surface area contributed by atoms with Gasteiger partial charge in [0, 0.05) is 37.1 Å². The van der Waals surface area contributed by atoms with E-state index in [-0.39, 0.29) is 11.6 Å². The van der Waals surface area contributed by atoms with Gasteiger partial charge in [-0.05, 0) is 30.0 Å². The van der Waals surface area contributed by atoms with Gasteiger partial charge in [-0.15, -0.1) is 0 Å². The van der Waals surface area contributed by atoms with E-state index in [1.165, 1.54) is 28.7 Å². The number of nitrogens with zero attached hydrogens (tertiary/aromatic N) is 5. The molecule has 0 amide bonds. The predicted octanol–water partition coefficient (Wildman–Crippen LogP) is 2.97. The van der Waals surface area contributed by atoms with Crippen LogP contribution >= 0.6 is 11.3 Å². The van der Waals surface area contributed by atoms with Crippen molar-refractivity contribution < 1.29 is 14.1 Å². The molecule has 1 aromatic carbocycles. The lowest BCUT2D eigenvalue weighted by atomic mass is 10.1. The Morgan fingerprint density at radius 3 is 2.59 bits per heavy atom. The number of halogens is 1. The van der Waals surface area contributed by atoms with Gasteiger partial charge < -0.3 is 19.9 Å². The molecule has 1 fully saturated rings. The third-order valence-corrected chi connectivity index (χ3v) is 5.42. The second kappa shape index (κ2) is 6.62. The van der Waals surface area contributed by atoms with E-state index < -0.39 is 10.7 Å². The Morgan fingerprint density at radius 2 is 1.96 bits per heavy atom. The topological polar surface area (TPSA) is 84.0 Å². The predicted molar refractivity (Wildman–Crippen MR) is 101 cm³/mol. The number of benzene rings is 1. The molecule has 0 N–H and O–H groups in total. The fourth-order valence-electron chi connectivity index (χ4n) is 3.29. The van der Waals surface area contributed by atoms with Crippen LogP contribution in [0.15, 0.2) is 29.8 Å². The van der Waals surface area contributed by atoms with Gasteiger partial charge in [0.1, 0.15) is 12.0 Å². The van der Waals surface area contributed by atoms with Crippen LogP contribution in [0.25, 0.3) is 4.96 Å². The molecule has 3 heterocycles. The zero-order valence-electron chi connectivity index (χ0n) is 14.5. The van der Waals surface area contributed by atoms with Crippen molar-refractivity contribution in [2.24, 2.45) is 0 Å². The Balaban J connectivity index is 1.55. The van der Waals surface area contributed by atoms with Gasteiger partial charge in [-0.3, -0.25) is 4.79 Å². The number of aromatic nitrogens is 2. The highest BCUT2D eigenvalue weighted by Gasteiger charge is 2.30. The quantitative estimate of drug-likeness (QED) is 0.388. The first-order chi connectivity index (χ1) is 13.0. The van der Waals surface area contributed by atoms with Gasteiger partial charge in [-0.25, -0.2) is 4.39 Å². The molecule has 10 heteroatoms. The molecule has 0 saturated carbocycles. The van der Waals surface area contributed by atoms with Crippen LogP contribution in [0.5, 0.6) is 0 Å². The second-order valence-electron chi connectivity index (χ2n) is 6.27. The molecule has 0 atom stereocenters. The van der Waals surface area contributed by atoms with Crippen molar-refractivity contribution in [3.8, 4) is 0 Å². The van der Waals surface area contributed by atoms with Crippen LogP contribution in [0, 0.1) is 15.9 Å². The maximum absolute atomic E-state index is 14.4. The summed E-state index contributed by atoms with van der Waals surface area (Å²) in [6.07, 6.45) is 1.64. The maximum Gasteiger partial charge on any atom is 0.373 e. The summed E-state index contributed by atoms with van der Waals surface area (Å²) < 4.78 is 15.9. The van der Waals surface area contributed by atoms with Crippen LogP contribution in [-0.4, -0.2) is 46.3 Å². The van der Waals surface area contributed by atoms with Crippen LogP contribution in [0.2, 0.25) is 0 Å². The van der Waals surface area contributed by atoms with Crippen LogP contribution in [0.3, 0.4) is 0 Å². The van der Waals surface area contributed by atoms with E-state index in [0.29, 0.717) is 48.2 Å². The highest BCUT2D eigenvalue weighted by atomic mass is 32.1. The van der Waals surface area contributed by atoms with Crippen molar-refractivity contribution in [3.63, 3.8) is 0 Å². The number of carbonyl (C=O) groups excluding carboxylic acids is 1.